The Kier molecular flexibility index (Phi) is 10.4. The van der Waals surface area contributed by atoms with Crippen LogP contribution in [0.3, 0.4) is 0 Å². The maximum Gasteiger partial charge on any atom is 0.266 e. The van der Waals surface area contributed by atoms with Crippen molar-refractivity contribution < 1.29 is 23.8 Å². The zero-order valence-corrected chi connectivity index (χ0v) is 24.5. The zero-order valence-electron chi connectivity index (χ0n) is 24.5. The number of aliphatic hydroxyl groups is 1. The molecule has 1 amide bonds. The lowest BCUT2D eigenvalue weighted by Gasteiger charge is -2.31. The summed E-state index contributed by atoms with van der Waals surface area (Å²) in [7, 11) is 0. The summed E-state index contributed by atoms with van der Waals surface area (Å²) < 4.78 is 26.0. The van der Waals surface area contributed by atoms with Crippen LogP contribution in [-0.2, 0) is 29.0 Å². The number of ether oxygens (including phenoxy) is 2. The fraction of sp³-hybridized carbons (Fsp3) is 0.235. The smallest absolute Gasteiger partial charge is 0.266 e. The van der Waals surface area contributed by atoms with Gasteiger partial charge in [-0.25, -0.2) is 14.8 Å². The first-order valence-corrected chi connectivity index (χ1v) is 14.5. The van der Waals surface area contributed by atoms with E-state index in [0.717, 1.165) is 5.56 Å². The fourth-order valence-electron chi connectivity index (χ4n) is 5.19. The lowest BCUT2D eigenvalue weighted by atomic mass is 9.81. The Morgan fingerprint density at radius 2 is 1.78 bits per heavy atom. The minimum absolute atomic E-state index is 0.0356. The number of hydrogen-bond donors (Lipinski definition) is 3. The summed E-state index contributed by atoms with van der Waals surface area (Å²) in [5.41, 5.74) is 16.8. The first-order chi connectivity index (χ1) is 22.0. The average molecular weight is 609 g/mol. The van der Waals surface area contributed by atoms with Crippen molar-refractivity contribution in [3.63, 3.8) is 0 Å². The highest BCUT2D eigenvalue weighted by atomic mass is 19.1. The molecular weight excluding hydrogens is 575 g/mol. The van der Waals surface area contributed by atoms with Crippen molar-refractivity contribution >= 4 is 11.8 Å². The molecule has 2 atom stereocenters. The van der Waals surface area contributed by atoms with Crippen LogP contribution in [0, 0.1) is 5.82 Å². The van der Waals surface area contributed by atoms with Gasteiger partial charge in [0.05, 0.1) is 13.2 Å². The molecule has 4 aromatic carbocycles. The third kappa shape index (κ3) is 7.66. The van der Waals surface area contributed by atoms with Gasteiger partial charge in [-0.3, -0.25) is 10.2 Å². The minimum atomic E-state index is -1.49. The standard InChI is InChI=1S/C34H33FN6O4/c35-28-12-6-10-25(20-28)22-37-40-33(43)34(21-24-8-2-1-3-9-24)31(30-13-5-4-11-27(30)23-38-41-36)45-32(39-34)26-14-16-29(17-15-26)44-19-7-18-42/h1-6,8-17,20,31,37,42H,7,18-19,21-23H2,(H,40,43)/t31-,34-/m0/s1. The van der Waals surface area contributed by atoms with E-state index in [4.69, 9.17) is 25.1 Å². The van der Waals surface area contributed by atoms with Gasteiger partial charge in [0.15, 0.2) is 11.6 Å². The van der Waals surface area contributed by atoms with Crippen LogP contribution >= 0.6 is 0 Å². The van der Waals surface area contributed by atoms with Crippen LogP contribution in [0.4, 0.5) is 4.39 Å². The van der Waals surface area contributed by atoms with E-state index >= 15 is 0 Å². The normalized spacial score (nSPS) is 17.1. The van der Waals surface area contributed by atoms with Gasteiger partial charge in [-0.1, -0.05) is 71.8 Å². The van der Waals surface area contributed by atoms with Crippen LogP contribution in [0.25, 0.3) is 10.4 Å². The molecule has 45 heavy (non-hydrogen) atoms. The van der Waals surface area contributed by atoms with E-state index in [9.17, 15) is 9.18 Å². The summed E-state index contributed by atoms with van der Waals surface area (Å²) in [6.45, 7) is 0.648. The number of nitrogens with zero attached hydrogens (tertiary/aromatic N) is 4. The number of hydrogen-bond acceptors (Lipinski definition) is 7. The highest BCUT2D eigenvalue weighted by Gasteiger charge is 2.53. The van der Waals surface area contributed by atoms with E-state index in [1.807, 2.05) is 54.6 Å². The van der Waals surface area contributed by atoms with E-state index in [1.54, 1.807) is 36.4 Å². The predicted molar refractivity (Wildman–Crippen MR) is 168 cm³/mol. The Balaban J connectivity index is 1.55. The van der Waals surface area contributed by atoms with E-state index in [1.165, 1.54) is 12.1 Å². The monoisotopic (exact) mass is 608 g/mol. The number of azide groups is 1. The fourth-order valence-corrected chi connectivity index (χ4v) is 5.19. The highest BCUT2D eigenvalue weighted by molar-refractivity contribution is 6.01. The molecular formula is C34H33FN6O4. The third-order valence-corrected chi connectivity index (χ3v) is 7.37. The highest BCUT2D eigenvalue weighted by Crippen LogP contribution is 2.43. The quantitative estimate of drug-likeness (QED) is 0.0552. The number of amides is 1. The number of halogens is 1. The van der Waals surface area contributed by atoms with Crippen molar-refractivity contribution in [2.24, 2.45) is 10.1 Å². The first-order valence-electron chi connectivity index (χ1n) is 14.5. The molecule has 0 aliphatic carbocycles. The van der Waals surface area contributed by atoms with Crippen molar-refractivity contribution in [3.8, 4) is 5.75 Å². The molecule has 0 saturated carbocycles. The molecule has 1 aliphatic heterocycles. The topological polar surface area (TPSA) is 141 Å². The molecule has 1 aliphatic rings. The summed E-state index contributed by atoms with van der Waals surface area (Å²) >= 11 is 0. The molecule has 0 bridgehead atoms. The molecule has 0 spiro atoms. The Morgan fingerprint density at radius 1 is 1.02 bits per heavy atom. The number of rotatable bonds is 14. The van der Waals surface area contributed by atoms with Crippen LogP contribution in [-0.4, -0.2) is 35.7 Å². The largest absolute Gasteiger partial charge is 0.494 e. The summed E-state index contributed by atoms with van der Waals surface area (Å²) in [4.78, 5) is 22.3. The number of hydrazine groups is 1. The first kappa shape index (κ1) is 31.2. The molecule has 0 unspecified atom stereocenters. The summed E-state index contributed by atoms with van der Waals surface area (Å²) in [5, 5.41) is 12.8. The Morgan fingerprint density at radius 3 is 2.53 bits per heavy atom. The van der Waals surface area contributed by atoms with E-state index in [-0.39, 0.29) is 37.8 Å². The van der Waals surface area contributed by atoms with Gasteiger partial charge in [0.1, 0.15) is 11.6 Å². The van der Waals surface area contributed by atoms with Crippen LogP contribution in [0.1, 0.15) is 40.3 Å². The average Bonchev–Trinajstić information content (AvgIpc) is 3.45. The predicted octanol–water partition coefficient (Wildman–Crippen LogP) is 5.72. The van der Waals surface area contributed by atoms with Crippen LogP contribution < -0.4 is 15.6 Å². The van der Waals surface area contributed by atoms with Gasteiger partial charge in [-0.15, -0.1) is 0 Å². The maximum atomic E-state index is 14.4. The van der Waals surface area contributed by atoms with Crippen molar-refractivity contribution in [3.05, 3.63) is 147 Å². The second-order valence-electron chi connectivity index (χ2n) is 10.5. The van der Waals surface area contributed by atoms with Gasteiger partial charge in [0.2, 0.25) is 5.90 Å². The lowest BCUT2D eigenvalue weighted by molar-refractivity contribution is -0.130. The van der Waals surface area contributed by atoms with Gasteiger partial charge in [0.25, 0.3) is 5.91 Å². The van der Waals surface area contributed by atoms with Gasteiger partial charge < -0.3 is 14.6 Å². The van der Waals surface area contributed by atoms with Gasteiger partial charge >= 0.3 is 0 Å². The number of benzene rings is 4. The van der Waals surface area contributed by atoms with Crippen LogP contribution in [0.2, 0.25) is 0 Å². The molecule has 0 radical (unpaired) electrons. The van der Waals surface area contributed by atoms with E-state index in [0.29, 0.717) is 41.0 Å². The summed E-state index contributed by atoms with van der Waals surface area (Å²) in [6.07, 6.45) is -0.193. The number of nitrogens with one attached hydrogen (secondary N) is 2. The minimum Gasteiger partial charge on any atom is -0.494 e. The molecule has 3 N–H and O–H groups in total. The number of aliphatic imine (C=N–C) groups is 1. The molecule has 11 heteroatoms. The Bertz CT molecular complexity index is 1680. The van der Waals surface area contributed by atoms with Gasteiger partial charge in [-0.2, -0.15) is 0 Å². The van der Waals surface area contributed by atoms with Crippen molar-refractivity contribution in [1.29, 1.82) is 0 Å². The molecule has 0 saturated heterocycles. The molecule has 1 heterocycles. The van der Waals surface area contributed by atoms with Crippen LogP contribution in [0.5, 0.6) is 5.75 Å². The summed E-state index contributed by atoms with van der Waals surface area (Å²) in [5.74, 6) is 0.0556. The third-order valence-electron chi connectivity index (χ3n) is 7.37. The summed E-state index contributed by atoms with van der Waals surface area (Å²) in [6, 6.07) is 30.1. The molecule has 5 rings (SSSR count). The lowest BCUT2D eigenvalue weighted by Crippen LogP contribution is -2.53. The molecule has 230 valence electrons. The molecule has 0 fully saturated rings. The molecule has 0 aromatic heterocycles. The Hall–Kier alpha value is -5.22. The number of aliphatic hydroxyl groups excluding tert-OH is 1. The SMILES string of the molecule is [N-]=[N+]=NCc1ccccc1[C@@H]1OC(c2ccc(OCCCO)cc2)=N[C@]1(Cc1ccccc1)C(=O)NNCc1cccc(F)c1. The Labute approximate surface area is 260 Å². The van der Waals surface area contributed by atoms with Gasteiger partial charge in [-0.05, 0) is 64.2 Å². The van der Waals surface area contributed by atoms with Gasteiger partial charge in [0, 0.05) is 36.5 Å². The second kappa shape index (κ2) is 15.0. The van der Waals surface area contributed by atoms with Crippen LogP contribution in [0.15, 0.2) is 113 Å². The maximum absolute atomic E-state index is 14.4. The van der Waals surface area contributed by atoms with E-state index in [2.05, 4.69) is 20.9 Å². The number of carbonyl (C=O) groups is 1. The van der Waals surface area contributed by atoms with Crippen molar-refractivity contribution in [2.75, 3.05) is 13.2 Å². The molecule has 4 aromatic rings. The second-order valence-corrected chi connectivity index (χ2v) is 10.5. The van der Waals surface area contributed by atoms with Crippen molar-refractivity contribution in [1.82, 2.24) is 10.9 Å². The number of carbonyl (C=O) groups excluding carboxylic acids is 1. The van der Waals surface area contributed by atoms with E-state index < -0.39 is 17.6 Å². The molecule has 10 nitrogen and oxygen atoms in total. The van der Waals surface area contributed by atoms with Crippen molar-refractivity contribution in [2.45, 2.75) is 37.6 Å². The zero-order chi connectivity index (χ0) is 31.5.